The molecular formula is C15H29N5O. The monoisotopic (exact) mass is 295 g/mol. The molecule has 1 aromatic rings. The summed E-state index contributed by atoms with van der Waals surface area (Å²) in [5.41, 5.74) is 0. The van der Waals surface area contributed by atoms with Crippen LogP contribution in [0, 0.1) is 5.92 Å². The van der Waals surface area contributed by atoms with Gasteiger partial charge in [-0.1, -0.05) is 13.8 Å². The number of rotatable bonds is 9. The van der Waals surface area contributed by atoms with Crippen LogP contribution in [-0.2, 0) is 11.3 Å². The van der Waals surface area contributed by atoms with E-state index >= 15 is 0 Å². The number of hydrogen-bond donors (Lipinski definition) is 2. The van der Waals surface area contributed by atoms with E-state index in [9.17, 15) is 0 Å². The summed E-state index contributed by atoms with van der Waals surface area (Å²) in [6.45, 7) is 8.43. The van der Waals surface area contributed by atoms with Crippen LogP contribution in [0.25, 0.3) is 0 Å². The van der Waals surface area contributed by atoms with Crippen molar-refractivity contribution in [2.75, 3.05) is 44.9 Å². The van der Waals surface area contributed by atoms with E-state index in [4.69, 9.17) is 4.74 Å². The van der Waals surface area contributed by atoms with Crippen molar-refractivity contribution in [2.45, 2.75) is 33.4 Å². The van der Waals surface area contributed by atoms with Gasteiger partial charge >= 0.3 is 0 Å². The lowest BCUT2D eigenvalue weighted by Crippen LogP contribution is -2.36. The normalized spacial score (nSPS) is 12.8. The standard InChI is InChI=1S/C15H29N5O/c1-7-21-10-15-18-13(16-4)8-14(19-15)17-12(11(2)3)9-20(5)6/h8,11-12H,7,9-10H2,1-6H3,(H2,16,17,18,19). The van der Waals surface area contributed by atoms with Gasteiger partial charge in [0.05, 0.1) is 0 Å². The molecule has 0 saturated carbocycles. The molecule has 0 radical (unpaired) electrons. The van der Waals surface area contributed by atoms with Crippen LogP contribution in [0.2, 0.25) is 0 Å². The van der Waals surface area contributed by atoms with Crippen molar-refractivity contribution in [3.63, 3.8) is 0 Å². The second-order valence-electron chi connectivity index (χ2n) is 5.70. The van der Waals surface area contributed by atoms with Gasteiger partial charge in [-0.2, -0.15) is 0 Å². The molecule has 0 aromatic carbocycles. The Labute approximate surface area is 128 Å². The van der Waals surface area contributed by atoms with Crippen molar-refractivity contribution in [1.82, 2.24) is 14.9 Å². The van der Waals surface area contributed by atoms with Gasteiger partial charge in [0, 0.05) is 32.3 Å². The first-order valence-corrected chi connectivity index (χ1v) is 7.51. The van der Waals surface area contributed by atoms with Crippen molar-refractivity contribution in [2.24, 2.45) is 5.92 Å². The minimum Gasteiger partial charge on any atom is -0.374 e. The molecule has 6 nitrogen and oxygen atoms in total. The van der Waals surface area contributed by atoms with E-state index in [2.05, 4.69) is 53.4 Å². The van der Waals surface area contributed by atoms with E-state index in [0.29, 0.717) is 31.0 Å². The number of nitrogens with one attached hydrogen (secondary N) is 2. The van der Waals surface area contributed by atoms with Crippen LogP contribution >= 0.6 is 0 Å². The Kier molecular flexibility index (Phi) is 7.39. The van der Waals surface area contributed by atoms with Crippen molar-refractivity contribution < 1.29 is 4.74 Å². The molecule has 1 rings (SSSR count). The van der Waals surface area contributed by atoms with Crippen molar-refractivity contribution in [3.05, 3.63) is 11.9 Å². The quantitative estimate of drug-likeness (QED) is 0.727. The lowest BCUT2D eigenvalue weighted by atomic mass is 10.0. The second kappa shape index (κ2) is 8.79. The summed E-state index contributed by atoms with van der Waals surface area (Å²) in [5, 5.41) is 6.58. The third-order valence-electron chi connectivity index (χ3n) is 3.16. The van der Waals surface area contributed by atoms with Crippen LogP contribution in [0.15, 0.2) is 6.07 Å². The van der Waals surface area contributed by atoms with Crippen LogP contribution < -0.4 is 10.6 Å². The van der Waals surface area contributed by atoms with Crippen LogP contribution in [0.1, 0.15) is 26.6 Å². The molecule has 1 aromatic heterocycles. The van der Waals surface area contributed by atoms with E-state index in [0.717, 1.165) is 18.2 Å². The summed E-state index contributed by atoms with van der Waals surface area (Å²) < 4.78 is 5.40. The number of hydrogen-bond acceptors (Lipinski definition) is 6. The first-order valence-electron chi connectivity index (χ1n) is 7.51. The highest BCUT2D eigenvalue weighted by Crippen LogP contribution is 2.15. The van der Waals surface area contributed by atoms with E-state index in [1.807, 2.05) is 20.0 Å². The van der Waals surface area contributed by atoms with Crippen LogP contribution in [0.4, 0.5) is 11.6 Å². The maximum absolute atomic E-state index is 5.40. The van der Waals surface area contributed by atoms with Crippen LogP contribution in [0.5, 0.6) is 0 Å². The van der Waals surface area contributed by atoms with Crippen molar-refractivity contribution in [1.29, 1.82) is 0 Å². The fourth-order valence-electron chi connectivity index (χ4n) is 1.96. The summed E-state index contributed by atoms with van der Waals surface area (Å²) in [6, 6.07) is 2.26. The van der Waals surface area contributed by atoms with Gasteiger partial charge in [-0.05, 0) is 26.9 Å². The molecule has 6 heteroatoms. The highest BCUT2D eigenvalue weighted by atomic mass is 16.5. The lowest BCUT2D eigenvalue weighted by molar-refractivity contribution is 0.128. The van der Waals surface area contributed by atoms with E-state index < -0.39 is 0 Å². The highest BCUT2D eigenvalue weighted by molar-refractivity contribution is 5.47. The molecule has 0 amide bonds. The molecule has 0 bridgehead atoms. The summed E-state index contributed by atoms with van der Waals surface area (Å²) in [7, 11) is 6.02. The fraction of sp³-hybridized carbons (Fsp3) is 0.733. The number of aromatic nitrogens is 2. The minimum absolute atomic E-state index is 0.333. The molecule has 0 aliphatic carbocycles. The molecule has 1 atom stereocenters. The number of likely N-dealkylation sites (N-methyl/N-ethyl adjacent to an activating group) is 1. The lowest BCUT2D eigenvalue weighted by Gasteiger charge is -2.26. The van der Waals surface area contributed by atoms with Gasteiger partial charge in [0.2, 0.25) is 0 Å². The summed E-state index contributed by atoms with van der Waals surface area (Å²) in [4.78, 5) is 11.1. The predicted molar refractivity (Wildman–Crippen MR) is 87.7 cm³/mol. The highest BCUT2D eigenvalue weighted by Gasteiger charge is 2.15. The van der Waals surface area contributed by atoms with Gasteiger partial charge < -0.3 is 20.3 Å². The Morgan fingerprint density at radius 2 is 1.90 bits per heavy atom. The Morgan fingerprint density at radius 1 is 1.24 bits per heavy atom. The Hall–Kier alpha value is -1.40. The van der Waals surface area contributed by atoms with Gasteiger partial charge in [0.1, 0.15) is 18.2 Å². The predicted octanol–water partition coefficient (Wildman–Crippen LogP) is 2.05. The molecule has 1 unspecified atom stereocenters. The summed E-state index contributed by atoms with van der Waals surface area (Å²) in [6.07, 6.45) is 0. The average Bonchev–Trinajstić information content (AvgIpc) is 2.43. The van der Waals surface area contributed by atoms with Gasteiger partial charge in [-0.25, -0.2) is 9.97 Å². The zero-order valence-electron chi connectivity index (χ0n) is 14.1. The Morgan fingerprint density at radius 3 is 2.43 bits per heavy atom. The maximum atomic E-state index is 5.40. The SMILES string of the molecule is CCOCc1nc(NC)cc(NC(CN(C)C)C(C)C)n1. The van der Waals surface area contributed by atoms with E-state index in [1.54, 1.807) is 0 Å². The molecule has 0 aliphatic rings. The zero-order valence-corrected chi connectivity index (χ0v) is 14.1. The first-order chi connectivity index (χ1) is 9.96. The molecule has 120 valence electrons. The van der Waals surface area contributed by atoms with Crippen LogP contribution in [0.3, 0.4) is 0 Å². The maximum Gasteiger partial charge on any atom is 0.158 e. The minimum atomic E-state index is 0.333. The molecule has 1 heterocycles. The van der Waals surface area contributed by atoms with Crippen molar-refractivity contribution in [3.8, 4) is 0 Å². The fourth-order valence-corrected chi connectivity index (χ4v) is 1.96. The second-order valence-corrected chi connectivity index (χ2v) is 5.70. The summed E-state index contributed by atoms with van der Waals surface area (Å²) in [5.74, 6) is 2.84. The molecular weight excluding hydrogens is 266 g/mol. The molecule has 0 spiro atoms. The van der Waals surface area contributed by atoms with E-state index in [1.165, 1.54) is 0 Å². The molecule has 0 aliphatic heterocycles. The molecule has 2 N–H and O–H groups in total. The summed E-state index contributed by atoms with van der Waals surface area (Å²) >= 11 is 0. The third-order valence-corrected chi connectivity index (χ3v) is 3.16. The number of anilines is 2. The first kappa shape index (κ1) is 17.7. The number of nitrogens with zero attached hydrogens (tertiary/aromatic N) is 3. The topological polar surface area (TPSA) is 62.3 Å². The number of ether oxygens (including phenoxy) is 1. The molecule has 0 fully saturated rings. The average molecular weight is 295 g/mol. The van der Waals surface area contributed by atoms with Gasteiger partial charge in [-0.3, -0.25) is 0 Å². The van der Waals surface area contributed by atoms with Gasteiger partial charge in [0.25, 0.3) is 0 Å². The van der Waals surface area contributed by atoms with E-state index in [-0.39, 0.29) is 0 Å². The smallest absolute Gasteiger partial charge is 0.158 e. The largest absolute Gasteiger partial charge is 0.374 e. The molecule has 0 saturated heterocycles. The Bertz CT molecular complexity index is 423. The van der Waals surface area contributed by atoms with Crippen molar-refractivity contribution >= 4 is 11.6 Å². The van der Waals surface area contributed by atoms with Crippen LogP contribution in [-0.4, -0.2) is 55.2 Å². The zero-order chi connectivity index (χ0) is 15.8. The van der Waals surface area contributed by atoms with Gasteiger partial charge in [-0.15, -0.1) is 0 Å². The third kappa shape index (κ3) is 6.27. The van der Waals surface area contributed by atoms with Gasteiger partial charge in [0.15, 0.2) is 5.82 Å². The molecule has 21 heavy (non-hydrogen) atoms. The Balaban J connectivity index is 2.88.